The maximum Gasteiger partial charge on any atom is 0.253 e. The first-order valence-corrected chi connectivity index (χ1v) is 12.8. The Balaban J connectivity index is 1.70. The lowest BCUT2D eigenvalue weighted by Gasteiger charge is -2.16. The average Bonchev–Trinajstić information content (AvgIpc) is 3.21. The van der Waals surface area contributed by atoms with Gasteiger partial charge in [-0.3, -0.25) is 9.59 Å². The highest BCUT2D eigenvalue weighted by atomic mass is 35.5. The van der Waals surface area contributed by atoms with Gasteiger partial charge < -0.3 is 15.2 Å². The number of rotatable bonds is 10. The second-order valence-corrected chi connectivity index (χ2v) is 9.64. The molecule has 1 aromatic heterocycles. The first kappa shape index (κ1) is 26.8. The maximum atomic E-state index is 12.7. The Labute approximate surface area is 219 Å². The van der Waals surface area contributed by atoms with Gasteiger partial charge in [0.15, 0.2) is 11.0 Å². The third-order valence-corrected chi connectivity index (χ3v) is 6.82. The molecule has 7 nitrogen and oxygen atoms in total. The highest BCUT2D eigenvalue weighted by molar-refractivity contribution is 7.99. The number of allylic oxidation sites excluding steroid dienone is 1. The third-order valence-electron chi connectivity index (χ3n) is 5.30. The zero-order valence-electron chi connectivity index (χ0n) is 19.8. The summed E-state index contributed by atoms with van der Waals surface area (Å²) in [4.78, 5) is 25.4. The number of anilines is 1. The summed E-state index contributed by atoms with van der Waals surface area (Å²) in [5, 5.41) is 15.7. The van der Waals surface area contributed by atoms with E-state index in [-0.39, 0.29) is 22.6 Å². The van der Waals surface area contributed by atoms with Crippen molar-refractivity contribution < 1.29 is 9.59 Å². The van der Waals surface area contributed by atoms with Gasteiger partial charge in [0, 0.05) is 17.3 Å². The molecule has 0 radical (unpaired) electrons. The molecule has 1 atom stereocenters. The van der Waals surface area contributed by atoms with Gasteiger partial charge in [0.1, 0.15) is 0 Å². The monoisotopic (exact) mass is 531 g/mol. The van der Waals surface area contributed by atoms with Crippen LogP contribution in [0.3, 0.4) is 0 Å². The number of hydrogen-bond donors (Lipinski definition) is 2. The van der Waals surface area contributed by atoms with Gasteiger partial charge in [-0.1, -0.05) is 66.2 Å². The Bertz CT molecular complexity index is 1240. The molecule has 2 amide bonds. The number of aromatic nitrogens is 3. The zero-order chi connectivity index (χ0) is 25.5. The summed E-state index contributed by atoms with van der Waals surface area (Å²) < 4.78 is 1.82. The molecule has 35 heavy (non-hydrogen) atoms. The van der Waals surface area contributed by atoms with E-state index >= 15 is 0 Å². The van der Waals surface area contributed by atoms with Crippen LogP contribution in [-0.4, -0.2) is 32.3 Å². The predicted octanol–water partition coefficient (Wildman–Crippen LogP) is 5.86. The minimum atomic E-state index is -0.469. The molecule has 10 heteroatoms. The third kappa shape index (κ3) is 6.66. The van der Waals surface area contributed by atoms with Gasteiger partial charge in [-0.25, -0.2) is 0 Å². The number of nitrogens with zero attached hydrogens (tertiary/aromatic N) is 3. The predicted molar refractivity (Wildman–Crippen MR) is 142 cm³/mol. The standard InChI is InChI=1S/C25H27Cl2N5O2S/c1-5-12-32-23(16(4)28-24(34)19-11-10-18(26)13-20(19)27)30-31-25(32)35-14-21(33)29-22-15(3)8-7-9-17(22)6-2/h5,7-11,13,16H,1,6,12,14H2,2-4H3,(H,28,34)(H,29,33)/t16-/m0/s1. The van der Waals surface area contributed by atoms with Gasteiger partial charge in [0.25, 0.3) is 5.91 Å². The van der Waals surface area contributed by atoms with Crippen LogP contribution in [-0.2, 0) is 17.8 Å². The minimum absolute atomic E-state index is 0.132. The second-order valence-electron chi connectivity index (χ2n) is 7.86. The number of aryl methyl sites for hydroxylation is 2. The summed E-state index contributed by atoms with van der Waals surface area (Å²) in [5.74, 6) is 0.213. The molecule has 2 aromatic carbocycles. The first-order chi connectivity index (χ1) is 16.7. The summed E-state index contributed by atoms with van der Waals surface area (Å²) in [5.41, 5.74) is 3.27. The molecule has 0 aliphatic rings. The van der Waals surface area contributed by atoms with Crippen LogP contribution in [0.15, 0.2) is 54.2 Å². The number of hydrogen-bond acceptors (Lipinski definition) is 5. The topological polar surface area (TPSA) is 88.9 Å². The van der Waals surface area contributed by atoms with Crippen molar-refractivity contribution >= 4 is 52.5 Å². The molecule has 0 aliphatic heterocycles. The van der Waals surface area contributed by atoms with Gasteiger partial charge in [-0.15, -0.1) is 16.8 Å². The zero-order valence-corrected chi connectivity index (χ0v) is 22.1. The highest BCUT2D eigenvalue weighted by Gasteiger charge is 2.21. The van der Waals surface area contributed by atoms with Crippen molar-refractivity contribution in [3.05, 3.63) is 81.6 Å². The number of nitrogens with one attached hydrogen (secondary N) is 2. The molecule has 3 aromatic rings. The molecule has 3 rings (SSSR count). The molecule has 0 aliphatic carbocycles. The lowest BCUT2D eigenvalue weighted by atomic mass is 10.1. The molecule has 0 spiro atoms. The molecular formula is C25H27Cl2N5O2S. The van der Waals surface area contributed by atoms with E-state index < -0.39 is 6.04 Å². The molecule has 0 unspecified atom stereocenters. The number of para-hydroxylation sites is 1. The van der Waals surface area contributed by atoms with Gasteiger partial charge in [-0.2, -0.15) is 0 Å². The van der Waals surface area contributed by atoms with Crippen molar-refractivity contribution in [2.45, 2.75) is 44.9 Å². The van der Waals surface area contributed by atoms with E-state index in [1.807, 2.05) is 29.7 Å². The van der Waals surface area contributed by atoms with Crippen LogP contribution in [0.1, 0.15) is 47.2 Å². The summed E-state index contributed by atoms with van der Waals surface area (Å²) in [6, 6.07) is 10.2. The normalized spacial score (nSPS) is 11.7. The molecule has 0 saturated heterocycles. The fraction of sp³-hybridized carbons (Fsp3) is 0.280. The fourth-order valence-electron chi connectivity index (χ4n) is 3.55. The molecule has 0 bridgehead atoms. The first-order valence-electron chi connectivity index (χ1n) is 11.1. The van der Waals surface area contributed by atoms with Crippen LogP contribution >= 0.6 is 35.0 Å². The van der Waals surface area contributed by atoms with E-state index in [1.165, 1.54) is 17.8 Å². The number of benzene rings is 2. The lowest BCUT2D eigenvalue weighted by molar-refractivity contribution is -0.113. The van der Waals surface area contributed by atoms with E-state index in [1.54, 1.807) is 25.1 Å². The van der Waals surface area contributed by atoms with Crippen molar-refractivity contribution in [1.29, 1.82) is 0 Å². The number of carbonyl (C=O) groups is 2. The largest absolute Gasteiger partial charge is 0.342 e. The van der Waals surface area contributed by atoms with E-state index in [9.17, 15) is 9.59 Å². The Morgan fingerprint density at radius 1 is 1.23 bits per heavy atom. The summed E-state index contributed by atoms with van der Waals surface area (Å²) in [7, 11) is 0. The van der Waals surface area contributed by atoms with Crippen molar-refractivity contribution in [3.63, 3.8) is 0 Å². The van der Waals surface area contributed by atoms with Crippen LogP contribution in [0.2, 0.25) is 10.0 Å². The molecular weight excluding hydrogens is 505 g/mol. The highest BCUT2D eigenvalue weighted by Crippen LogP contribution is 2.25. The summed E-state index contributed by atoms with van der Waals surface area (Å²) >= 11 is 13.4. The van der Waals surface area contributed by atoms with Crippen LogP contribution < -0.4 is 10.6 Å². The quantitative estimate of drug-likeness (QED) is 0.252. The summed E-state index contributed by atoms with van der Waals surface area (Å²) in [6.45, 7) is 10.1. The lowest BCUT2D eigenvalue weighted by Crippen LogP contribution is -2.29. The van der Waals surface area contributed by atoms with Gasteiger partial charge in [0.2, 0.25) is 5.91 Å². The van der Waals surface area contributed by atoms with Gasteiger partial charge in [-0.05, 0) is 49.6 Å². The van der Waals surface area contributed by atoms with Crippen molar-refractivity contribution in [2.24, 2.45) is 0 Å². The van der Waals surface area contributed by atoms with Crippen LogP contribution in [0.25, 0.3) is 0 Å². The molecule has 0 saturated carbocycles. The smallest absolute Gasteiger partial charge is 0.253 e. The Kier molecular flexibility index (Phi) is 9.37. The van der Waals surface area contributed by atoms with E-state index in [2.05, 4.69) is 34.3 Å². The van der Waals surface area contributed by atoms with Gasteiger partial charge >= 0.3 is 0 Å². The van der Waals surface area contributed by atoms with Gasteiger partial charge in [0.05, 0.1) is 22.4 Å². The average molecular weight is 532 g/mol. The number of halogens is 2. The van der Waals surface area contributed by atoms with Crippen LogP contribution in [0.5, 0.6) is 0 Å². The van der Waals surface area contributed by atoms with Crippen LogP contribution in [0, 0.1) is 6.92 Å². The van der Waals surface area contributed by atoms with E-state index in [4.69, 9.17) is 23.2 Å². The van der Waals surface area contributed by atoms with Crippen molar-refractivity contribution in [2.75, 3.05) is 11.1 Å². The van der Waals surface area contributed by atoms with E-state index in [0.717, 1.165) is 23.2 Å². The number of amides is 2. The Hall–Kier alpha value is -2.81. The number of thioether (sulfide) groups is 1. The Morgan fingerprint density at radius 3 is 2.69 bits per heavy atom. The SMILES string of the molecule is C=CCn1c(SCC(=O)Nc2c(C)cccc2CC)nnc1[C@H](C)NC(=O)c1ccc(Cl)cc1Cl. The second kappa shape index (κ2) is 12.2. The van der Waals surface area contributed by atoms with E-state index in [0.29, 0.717) is 28.1 Å². The van der Waals surface area contributed by atoms with Crippen molar-refractivity contribution in [3.8, 4) is 0 Å². The molecule has 1 heterocycles. The molecule has 0 fully saturated rings. The summed E-state index contributed by atoms with van der Waals surface area (Å²) in [6.07, 6.45) is 2.54. The molecule has 2 N–H and O–H groups in total. The maximum absolute atomic E-state index is 12.7. The van der Waals surface area contributed by atoms with Crippen molar-refractivity contribution in [1.82, 2.24) is 20.1 Å². The Morgan fingerprint density at radius 2 is 2.00 bits per heavy atom. The fourth-order valence-corrected chi connectivity index (χ4v) is 4.80. The molecule has 184 valence electrons. The van der Waals surface area contributed by atoms with Crippen LogP contribution in [0.4, 0.5) is 5.69 Å². The minimum Gasteiger partial charge on any atom is -0.342 e. The number of carbonyl (C=O) groups excluding carboxylic acids is 2.